The van der Waals surface area contributed by atoms with Crippen molar-refractivity contribution in [2.24, 2.45) is 11.8 Å². The average Bonchev–Trinajstić information content (AvgIpc) is 2.77. The van der Waals surface area contributed by atoms with Crippen molar-refractivity contribution >= 4 is 0 Å². The van der Waals surface area contributed by atoms with E-state index in [2.05, 4.69) is 12.2 Å². The smallest absolute Gasteiger partial charge is 0.0588 e. The van der Waals surface area contributed by atoms with E-state index in [1.807, 2.05) is 0 Å². The van der Waals surface area contributed by atoms with E-state index in [1.54, 1.807) is 0 Å². The molecule has 0 amide bonds. The Morgan fingerprint density at radius 1 is 1.19 bits per heavy atom. The first kappa shape index (κ1) is 12.4. The molecular formula is C14H27NO. The molecule has 1 saturated carbocycles. The second-order valence-electron chi connectivity index (χ2n) is 5.77. The molecule has 2 aliphatic rings. The van der Waals surface area contributed by atoms with Crippen molar-refractivity contribution in [2.75, 3.05) is 19.7 Å². The van der Waals surface area contributed by atoms with Gasteiger partial charge in [0.15, 0.2) is 0 Å². The minimum Gasteiger partial charge on any atom is -0.378 e. The zero-order chi connectivity index (χ0) is 11.2. The first-order chi connectivity index (χ1) is 7.84. The molecule has 16 heavy (non-hydrogen) atoms. The van der Waals surface area contributed by atoms with E-state index in [1.165, 1.54) is 51.5 Å². The summed E-state index contributed by atoms with van der Waals surface area (Å²) in [5, 5.41) is 3.62. The fraction of sp³-hybridized carbons (Fsp3) is 1.00. The van der Waals surface area contributed by atoms with Gasteiger partial charge in [-0.3, -0.25) is 0 Å². The highest BCUT2D eigenvalue weighted by Crippen LogP contribution is 2.27. The summed E-state index contributed by atoms with van der Waals surface area (Å²) in [5.74, 6) is 1.90. The summed E-state index contributed by atoms with van der Waals surface area (Å²) >= 11 is 0. The van der Waals surface area contributed by atoms with E-state index in [-0.39, 0.29) is 0 Å². The van der Waals surface area contributed by atoms with Crippen LogP contribution in [0.4, 0.5) is 0 Å². The normalized spacial score (nSPS) is 35.4. The highest BCUT2D eigenvalue weighted by atomic mass is 16.5. The van der Waals surface area contributed by atoms with Crippen LogP contribution in [-0.2, 0) is 4.74 Å². The Balaban J connectivity index is 1.50. The standard InChI is InChI=1S/C14H27NO/c1-12-4-2-5-13(10-12)11-15-8-7-14-6-3-9-16-14/h12-15H,2-11H2,1H3. The summed E-state index contributed by atoms with van der Waals surface area (Å²) in [4.78, 5) is 0. The Labute approximate surface area is 100 Å². The van der Waals surface area contributed by atoms with Gasteiger partial charge in [0.25, 0.3) is 0 Å². The van der Waals surface area contributed by atoms with Gasteiger partial charge in [-0.15, -0.1) is 0 Å². The highest BCUT2D eigenvalue weighted by molar-refractivity contribution is 4.73. The molecule has 94 valence electrons. The Morgan fingerprint density at radius 2 is 2.12 bits per heavy atom. The van der Waals surface area contributed by atoms with Crippen LogP contribution in [0, 0.1) is 11.8 Å². The van der Waals surface area contributed by atoms with E-state index in [0.29, 0.717) is 6.10 Å². The molecule has 2 fully saturated rings. The first-order valence-electron chi connectivity index (χ1n) is 7.17. The van der Waals surface area contributed by atoms with Crippen LogP contribution in [0.5, 0.6) is 0 Å². The third-order valence-corrected chi connectivity index (χ3v) is 4.15. The predicted octanol–water partition coefficient (Wildman–Crippen LogP) is 2.97. The number of ether oxygens (including phenoxy) is 1. The zero-order valence-corrected chi connectivity index (χ0v) is 10.7. The summed E-state index contributed by atoms with van der Waals surface area (Å²) in [6, 6.07) is 0. The topological polar surface area (TPSA) is 21.3 Å². The first-order valence-corrected chi connectivity index (χ1v) is 7.17. The van der Waals surface area contributed by atoms with Gasteiger partial charge < -0.3 is 10.1 Å². The molecule has 2 heteroatoms. The molecule has 0 aromatic carbocycles. The summed E-state index contributed by atoms with van der Waals surface area (Å²) in [5.41, 5.74) is 0. The number of nitrogens with one attached hydrogen (secondary N) is 1. The lowest BCUT2D eigenvalue weighted by atomic mass is 9.82. The maximum Gasteiger partial charge on any atom is 0.0588 e. The van der Waals surface area contributed by atoms with Crippen LogP contribution in [-0.4, -0.2) is 25.8 Å². The minimum atomic E-state index is 0.553. The van der Waals surface area contributed by atoms with Crippen molar-refractivity contribution in [2.45, 2.75) is 58.0 Å². The van der Waals surface area contributed by atoms with Gasteiger partial charge in [-0.25, -0.2) is 0 Å². The summed E-state index contributed by atoms with van der Waals surface area (Å²) in [6.45, 7) is 5.77. The van der Waals surface area contributed by atoms with Crippen molar-refractivity contribution in [1.29, 1.82) is 0 Å². The van der Waals surface area contributed by atoms with E-state index < -0.39 is 0 Å². The SMILES string of the molecule is CC1CCCC(CNCCC2CCCO2)C1. The third kappa shape index (κ3) is 4.06. The molecule has 0 bridgehead atoms. The fourth-order valence-electron chi connectivity index (χ4n) is 3.19. The van der Waals surface area contributed by atoms with Gasteiger partial charge in [0.1, 0.15) is 0 Å². The van der Waals surface area contributed by atoms with Crippen LogP contribution in [0.25, 0.3) is 0 Å². The molecule has 3 atom stereocenters. The van der Waals surface area contributed by atoms with Gasteiger partial charge in [-0.2, -0.15) is 0 Å². The second kappa shape index (κ2) is 6.61. The predicted molar refractivity (Wildman–Crippen MR) is 67.6 cm³/mol. The number of rotatable bonds is 5. The van der Waals surface area contributed by atoms with Gasteiger partial charge in [-0.05, 0) is 57.0 Å². The number of hydrogen-bond donors (Lipinski definition) is 1. The molecule has 1 saturated heterocycles. The van der Waals surface area contributed by atoms with Crippen molar-refractivity contribution in [1.82, 2.24) is 5.32 Å². The molecule has 2 nitrogen and oxygen atoms in total. The molecule has 2 rings (SSSR count). The van der Waals surface area contributed by atoms with Gasteiger partial charge >= 0.3 is 0 Å². The Bertz CT molecular complexity index is 189. The zero-order valence-electron chi connectivity index (χ0n) is 10.7. The van der Waals surface area contributed by atoms with Crippen molar-refractivity contribution in [3.63, 3.8) is 0 Å². The lowest BCUT2D eigenvalue weighted by molar-refractivity contribution is 0.103. The summed E-state index contributed by atoms with van der Waals surface area (Å²) in [7, 11) is 0. The molecular weight excluding hydrogens is 198 g/mol. The van der Waals surface area contributed by atoms with Crippen LogP contribution in [0.1, 0.15) is 51.9 Å². The third-order valence-electron chi connectivity index (χ3n) is 4.15. The lowest BCUT2D eigenvalue weighted by Gasteiger charge is -2.27. The van der Waals surface area contributed by atoms with Crippen LogP contribution in [0.2, 0.25) is 0 Å². The van der Waals surface area contributed by atoms with E-state index in [0.717, 1.165) is 25.0 Å². The van der Waals surface area contributed by atoms with Gasteiger partial charge in [0.05, 0.1) is 6.10 Å². The quantitative estimate of drug-likeness (QED) is 0.726. The highest BCUT2D eigenvalue weighted by Gasteiger charge is 2.19. The minimum absolute atomic E-state index is 0.553. The molecule has 0 aromatic rings. The van der Waals surface area contributed by atoms with Crippen LogP contribution >= 0.6 is 0 Å². The molecule has 3 unspecified atom stereocenters. The molecule has 1 N–H and O–H groups in total. The van der Waals surface area contributed by atoms with Crippen molar-refractivity contribution in [3.05, 3.63) is 0 Å². The molecule has 0 aromatic heterocycles. The van der Waals surface area contributed by atoms with Gasteiger partial charge in [0, 0.05) is 6.61 Å². The van der Waals surface area contributed by atoms with E-state index >= 15 is 0 Å². The number of hydrogen-bond acceptors (Lipinski definition) is 2. The molecule has 0 spiro atoms. The lowest BCUT2D eigenvalue weighted by Crippen LogP contribution is -2.28. The average molecular weight is 225 g/mol. The van der Waals surface area contributed by atoms with Crippen molar-refractivity contribution in [3.8, 4) is 0 Å². The summed E-state index contributed by atoms with van der Waals surface area (Å²) < 4.78 is 5.62. The Kier molecular flexibility index (Phi) is 5.11. The van der Waals surface area contributed by atoms with Crippen LogP contribution in [0.15, 0.2) is 0 Å². The van der Waals surface area contributed by atoms with Crippen LogP contribution in [0.3, 0.4) is 0 Å². The van der Waals surface area contributed by atoms with E-state index in [9.17, 15) is 0 Å². The molecule has 1 aliphatic carbocycles. The maximum atomic E-state index is 5.62. The van der Waals surface area contributed by atoms with Gasteiger partial charge in [-0.1, -0.05) is 19.8 Å². The Hall–Kier alpha value is -0.0800. The summed E-state index contributed by atoms with van der Waals surface area (Å²) in [6.07, 6.45) is 10.1. The Morgan fingerprint density at radius 3 is 2.88 bits per heavy atom. The van der Waals surface area contributed by atoms with Crippen LogP contribution < -0.4 is 5.32 Å². The maximum absolute atomic E-state index is 5.62. The molecule has 1 aliphatic heterocycles. The van der Waals surface area contributed by atoms with Crippen molar-refractivity contribution < 1.29 is 4.74 Å². The monoisotopic (exact) mass is 225 g/mol. The molecule has 1 heterocycles. The second-order valence-corrected chi connectivity index (χ2v) is 5.77. The largest absolute Gasteiger partial charge is 0.378 e. The molecule has 0 radical (unpaired) electrons. The van der Waals surface area contributed by atoms with E-state index in [4.69, 9.17) is 4.74 Å². The van der Waals surface area contributed by atoms with Gasteiger partial charge in [0.2, 0.25) is 0 Å². The fourth-order valence-corrected chi connectivity index (χ4v) is 3.19.